The van der Waals surface area contributed by atoms with Gasteiger partial charge in [-0.2, -0.15) is 5.26 Å². The second-order valence-corrected chi connectivity index (χ2v) is 10.5. The molecule has 3 heterocycles. The van der Waals surface area contributed by atoms with Crippen LogP contribution in [0.3, 0.4) is 0 Å². The van der Waals surface area contributed by atoms with Crippen LogP contribution in [0, 0.1) is 17.2 Å². The van der Waals surface area contributed by atoms with Crippen LogP contribution in [0.2, 0.25) is 0 Å². The topological polar surface area (TPSA) is 83.6 Å². The predicted octanol–water partition coefficient (Wildman–Crippen LogP) is 4.65. The van der Waals surface area contributed by atoms with Gasteiger partial charge in [0.1, 0.15) is 16.9 Å². The summed E-state index contributed by atoms with van der Waals surface area (Å²) >= 11 is 4.63. The summed E-state index contributed by atoms with van der Waals surface area (Å²) in [6.45, 7) is 2.21. The van der Waals surface area contributed by atoms with Gasteiger partial charge >= 0.3 is 0 Å². The highest BCUT2D eigenvalue weighted by Gasteiger charge is 2.25. The number of amides is 1. The highest BCUT2D eigenvalue weighted by Crippen LogP contribution is 2.40. The number of anilines is 1. The minimum Gasteiger partial charge on any atom is -0.316 e. The number of nitriles is 1. The standard InChI is InChI=1S/C21H23N5OS3/c1-3-13-6-7-15-16(11-22)20(30-17(15)9-13)23-19(27)12-29-21-25-24-18(26(21)2)10-14-5-4-8-28-14/h4-5,8,13H,3,6-7,9-10,12H2,1-2H3,(H,23,27). The third-order valence-electron chi connectivity index (χ3n) is 5.48. The van der Waals surface area contributed by atoms with E-state index in [0.717, 1.165) is 43.5 Å². The van der Waals surface area contributed by atoms with Gasteiger partial charge in [0.25, 0.3) is 0 Å². The number of fused-ring (bicyclic) bond motifs is 1. The zero-order valence-electron chi connectivity index (χ0n) is 17.0. The zero-order valence-corrected chi connectivity index (χ0v) is 19.4. The quantitative estimate of drug-likeness (QED) is 0.522. The average molecular weight is 458 g/mol. The molecule has 3 aromatic heterocycles. The van der Waals surface area contributed by atoms with Crippen molar-refractivity contribution in [3.05, 3.63) is 44.2 Å². The van der Waals surface area contributed by atoms with Gasteiger partial charge in [0.05, 0.1) is 11.3 Å². The van der Waals surface area contributed by atoms with Crippen LogP contribution in [0.15, 0.2) is 22.7 Å². The SMILES string of the molecule is CCC1CCc2c(sc(NC(=O)CSc3nnc(Cc4cccs4)n3C)c2C#N)C1. The van der Waals surface area contributed by atoms with E-state index in [0.29, 0.717) is 21.6 Å². The van der Waals surface area contributed by atoms with Crippen LogP contribution < -0.4 is 5.32 Å². The fourth-order valence-electron chi connectivity index (χ4n) is 3.70. The molecular weight excluding hydrogens is 434 g/mol. The van der Waals surface area contributed by atoms with Crippen LogP contribution >= 0.6 is 34.4 Å². The molecule has 3 aromatic rings. The van der Waals surface area contributed by atoms with Gasteiger partial charge in [-0.05, 0) is 42.2 Å². The molecule has 0 bridgehead atoms. The van der Waals surface area contributed by atoms with E-state index < -0.39 is 0 Å². The van der Waals surface area contributed by atoms with Crippen molar-refractivity contribution in [1.82, 2.24) is 14.8 Å². The number of thioether (sulfide) groups is 1. The minimum atomic E-state index is -0.120. The summed E-state index contributed by atoms with van der Waals surface area (Å²) in [5.74, 6) is 1.67. The van der Waals surface area contributed by atoms with Gasteiger partial charge in [0.15, 0.2) is 5.16 Å². The number of nitrogens with zero attached hydrogens (tertiary/aromatic N) is 4. The van der Waals surface area contributed by atoms with Gasteiger partial charge in [-0.3, -0.25) is 4.79 Å². The Bertz CT molecular complexity index is 1080. The first-order valence-electron chi connectivity index (χ1n) is 9.97. The van der Waals surface area contributed by atoms with E-state index in [1.807, 2.05) is 23.1 Å². The fraction of sp³-hybridized carbons (Fsp3) is 0.429. The molecule has 0 aromatic carbocycles. The van der Waals surface area contributed by atoms with Crippen LogP contribution in [-0.4, -0.2) is 26.4 Å². The highest BCUT2D eigenvalue weighted by atomic mass is 32.2. The number of carbonyl (C=O) groups is 1. The molecule has 1 aliphatic carbocycles. The third-order valence-corrected chi connectivity index (χ3v) is 8.55. The normalized spacial score (nSPS) is 15.6. The number of hydrogen-bond donors (Lipinski definition) is 1. The van der Waals surface area contributed by atoms with E-state index in [2.05, 4.69) is 34.6 Å². The first-order valence-corrected chi connectivity index (χ1v) is 12.6. The number of carbonyl (C=O) groups excluding carboxylic acids is 1. The summed E-state index contributed by atoms with van der Waals surface area (Å²) in [6.07, 6.45) is 4.96. The Hall–Kier alpha value is -2.15. The number of aromatic nitrogens is 3. The first kappa shape index (κ1) is 21.1. The Morgan fingerprint density at radius 2 is 2.33 bits per heavy atom. The number of hydrogen-bond acceptors (Lipinski definition) is 7. The van der Waals surface area contributed by atoms with Crippen molar-refractivity contribution in [2.45, 2.75) is 44.2 Å². The predicted molar refractivity (Wildman–Crippen MR) is 122 cm³/mol. The van der Waals surface area contributed by atoms with E-state index in [1.54, 1.807) is 22.7 Å². The molecule has 0 saturated heterocycles. The molecule has 4 rings (SSSR count). The Labute approximate surface area is 188 Å². The van der Waals surface area contributed by atoms with E-state index in [4.69, 9.17) is 0 Å². The molecule has 1 unspecified atom stereocenters. The monoisotopic (exact) mass is 457 g/mol. The molecule has 9 heteroatoms. The molecule has 1 atom stereocenters. The largest absolute Gasteiger partial charge is 0.316 e. The van der Waals surface area contributed by atoms with Crippen LogP contribution in [0.1, 0.15) is 46.5 Å². The number of rotatable bonds is 7. The van der Waals surface area contributed by atoms with Crippen LogP contribution in [0.25, 0.3) is 0 Å². The molecule has 0 aliphatic heterocycles. The van der Waals surface area contributed by atoms with Gasteiger partial charge in [-0.15, -0.1) is 32.9 Å². The Kier molecular flexibility index (Phi) is 6.56. The van der Waals surface area contributed by atoms with E-state index in [9.17, 15) is 10.1 Å². The van der Waals surface area contributed by atoms with Crippen molar-refractivity contribution >= 4 is 45.3 Å². The second-order valence-electron chi connectivity index (χ2n) is 7.39. The Morgan fingerprint density at radius 3 is 3.07 bits per heavy atom. The van der Waals surface area contributed by atoms with Gasteiger partial charge in [0.2, 0.25) is 5.91 Å². The molecule has 0 saturated carbocycles. The minimum absolute atomic E-state index is 0.120. The summed E-state index contributed by atoms with van der Waals surface area (Å²) in [7, 11) is 1.93. The summed E-state index contributed by atoms with van der Waals surface area (Å²) in [6, 6.07) is 6.42. The van der Waals surface area contributed by atoms with E-state index in [-0.39, 0.29) is 11.7 Å². The molecule has 156 valence electrons. The Balaban J connectivity index is 1.39. The first-order chi connectivity index (χ1) is 14.6. The van der Waals surface area contributed by atoms with Crippen molar-refractivity contribution in [1.29, 1.82) is 5.26 Å². The van der Waals surface area contributed by atoms with E-state index >= 15 is 0 Å². The second kappa shape index (κ2) is 9.33. The molecule has 0 fully saturated rings. The number of nitrogens with one attached hydrogen (secondary N) is 1. The molecule has 6 nitrogen and oxygen atoms in total. The smallest absolute Gasteiger partial charge is 0.235 e. The van der Waals surface area contributed by atoms with Crippen molar-refractivity contribution in [3.8, 4) is 6.07 Å². The average Bonchev–Trinajstić information content (AvgIpc) is 3.46. The van der Waals surface area contributed by atoms with Crippen molar-refractivity contribution in [2.24, 2.45) is 13.0 Å². The third kappa shape index (κ3) is 4.46. The molecule has 0 radical (unpaired) electrons. The molecule has 0 spiro atoms. The molecule has 30 heavy (non-hydrogen) atoms. The van der Waals surface area contributed by atoms with Gasteiger partial charge in [0, 0.05) is 23.2 Å². The van der Waals surface area contributed by atoms with Gasteiger partial charge in [-0.25, -0.2) is 0 Å². The molecule has 1 aliphatic rings. The van der Waals surface area contributed by atoms with Crippen molar-refractivity contribution in [2.75, 3.05) is 11.1 Å². The maximum Gasteiger partial charge on any atom is 0.235 e. The van der Waals surface area contributed by atoms with Crippen LogP contribution in [-0.2, 0) is 31.1 Å². The van der Waals surface area contributed by atoms with Crippen LogP contribution in [0.5, 0.6) is 0 Å². The van der Waals surface area contributed by atoms with Crippen molar-refractivity contribution < 1.29 is 4.79 Å². The summed E-state index contributed by atoms with van der Waals surface area (Å²) in [5, 5.41) is 24.6. The summed E-state index contributed by atoms with van der Waals surface area (Å²) < 4.78 is 1.94. The van der Waals surface area contributed by atoms with Crippen molar-refractivity contribution in [3.63, 3.8) is 0 Å². The summed E-state index contributed by atoms with van der Waals surface area (Å²) in [4.78, 5) is 15.1. The maximum absolute atomic E-state index is 12.6. The molecule has 1 amide bonds. The molecular formula is C21H23N5OS3. The lowest BCUT2D eigenvalue weighted by atomic mass is 9.86. The lowest BCUT2D eigenvalue weighted by Gasteiger charge is -2.20. The molecule has 1 N–H and O–H groups in total. The lowest BCUT2D eigenvalue weighted by molar-refractivity contribution is -0.113. The highest BCUT2D eigenvalue weighted by molar-refractivity contribution is 7.99. The van der Waals surface area contributed by atoms with E-state index in [1.165, 1.54) is 21.5 Å². The fourth-order valence-corrected chi connectivity index (χ4v) is 6.46. The maximum atomic E-state index is 12.6. The van der Waals surface area contributed by atoms with Crippen LogP contribution in [0.4, 0.5) is 5.00 Å². The van der Waals surface area contributed by atoms with Gasteiger partial charge < -0.3 is 9.88 Å². The zero-order chi connectivity index (χ0) is 21.1. The summed E-state index contributed by atoms with van der Waals surface area (Å²) in [5.41, 5.74) is 1.79. The number of thiophene rings is 2. The Morgan fingerprint density at radius 1 is 1.47 bits per heavy atom. The van der Waals surface area contributed by atoms with Gasteiger partial charge in [-0.1, -0.05) is 31.2 Å². The lowest BCUT2D eigenvalue weighted by Crippen LogP contribution is -2.14.